The summed E-state index contributed by atoms with van der Waals surface area (Å²) in [5.41, 5.74) is 0.0928. The number of amides is 1. The predicted molar refractivity (Wildman–Crippen MR) is 237 cm³/mol. The van der Waals surface area contributed by atoms with Gasteiger partial charge in [0.2, 0.25) is 5.91 Å². The van der Waals surface area contributed by atoms with Gasteiger partial charge in [-0.1, -0.05) is 68.7 Å². The number of hydrogen-bond donors (Lipinski definition) is 1. The van der Waals surface area contributed by atoms with Crippen molar-refractivity contribution in [1.29, 1.82) is 0 Å². The van der Waals surface area contributed by atoms with Crippen LogP contribution in [-0.2, 0) is 19.1 Å². The first-order chi connectivity index (χ1) is 28.3. The topological polar surface area (TPSA) is 90.4 Å². The van der Waals surface area contributed by atoms with Crippen LogP contribution >= 0.6 is 0 Å². The monoisotopic (exact) mass is 832 g/mol. The lowest BCUT2D eigenvalue weighted by Crippen LogP contribution is -2.68. The lowest BCUT2D eigenvalue weighted by molar-refractivity contribution is -0.253. The summed E-state index contributed by atoms with van der Waals surface area (Å²) in [5.74, 6) is 1.64. The second-order valence-electron chi connectivity index (χ2n) is 25.2. The Labute approximate surface area is 364 Å². The highest BCUT2D eigenvalue weighted by atomic mass is 16.5. The van der Waals surface area contributed by atoms with Gasteiger partial charge in [0.1, 0.15) is 6.10 Å². The second-order valence-corrected chi connectivity index (χ2v) is 25.2. The highest BCUT2D eigenvalue weighted by Crippen LogP contribution is 2.79. The molecule has 8 heteroatoms. The number of rotatable bonds is 10. The molecule has 60 heavy (non-hydrogen) atoms. The molecular weight excluding hydrogens is 747 g/mol. The first kappa shape index (κ1) is 43.6. The third-order valence-electron chi connectivity index (χ3n) is 22.2. The van der Waals surface area contributed by atoms with Gasteiger partial charge in [-0.3, -0.25) is 19.3 Å². The molecule has 7 saturated carbocycles. The van der Waals surface area contributed by atoms with E-state index in [0.717, 1.165) is 58.3 Å². The van der Waals surface area contributed by atoms with Gasteiger partial charge in [-0.2, -0.15) is 0 Å². The third-order valence-corrected chi connectivity index (χ3v) is 22.2. The summed E-state index contributed by atoms with van der Waals surface area (Å²) >= 11 is 0. The highest BCUT2D eigenvalue weighted by molar-refractivity contribution is 5.84. The van der Waals surface area contributed by atoms with E-state index in [2.05, 4.69) is 63.2 Å². The quantitative estimate of drug-likeness (QED) is 0.219. The molecule has 0 aromatic heterocycles. The van der Waals surface area contributed by atoms with E-state index in [4.69, 9.17) is 4.74 Å². The molecule has 2 aliphatic heterocycles. The van der Waals surface area contributed by atoms with Crippen LogP contribution in [0.25, 0.3) is 0 Å². The predicted octanol–water partition coefficient (Wildman–Crippen LogP) is 9.94. The van der Waals surface area contributed by atoms with E-state index in [0.29, 0.717) is 53.4 Å². The van der Waals surface area contributed by atoms with Crippen molar-refractivity contribution in [1.82, 2.24) is 14.7 Å². The Bertz CT molecular complexity index is 1680. The Morgan fingerprint density at radius 2 is 1.38 bits per heavy atom. The fourth-order valence-corrected chi connectivity index (χ4v) is 17.9. The lowest BCUT2D eigenvalue weighted by Gasteiger charge is -2.73. The number of nitrogens with zero attached hydrogens (tertiary/aromatic N) is 3. The summed E-state index contributed by atoms with van der Waals surface area (Å²) in [6.07, 6.45) is 19.4. The molecule has 1 amide bonds. The van der Waals surface area contributed by atoms with Gasteiger partial charge in [-0.15, -0.1) is 0 Å². The van der Waals surface area contributed by atoms with Gasteiger partial charge in [0, 0.05) is 50.7 Å². The number of aliphatic carboxylic acids is 1. The van der Waals surface area contributed by atoms with Crippen molar-refractivity contribution < 1.29 is 24.2 Å². The first-order valence-electron chi connectivity index (χ1n) is 25.5. The minimum atomic E-state index is -0.801. The van der Waals surface area contributed by atoms with Crippen LogP contribution in [0.3, 0.4) is 0 Å². The van der Waals surface area contributed by atoms with Crippen molar-refractivity contribution in [3.63, 3.8) is 0 Å². The van der Waals surface area contributed by atoms with E-state index >= 15 is 4.79 Å². The minimum absolute atomic E-state index is 0.135. The van der Waals surface area contributed by atoms with Gasteiger partial charge >= 0.3 is 11.9 Å². The average Bonchev–Trinajstić information content (AvgIpc) is 3.56. The molecule has 9 rings (SSSR count). The Kier molecular flexibility index (Phi) is 10.9. The van der Waals surface area contributed by atoms with Crippen LogP contribution < -0.4 is 0 Å². The number of carboxylic acids is 1. The van der Waals surface area contributed by atoms with Gasteiger partial charge < -0.3 is 19.6 Å². The fourth-order valence-electron chi connectivity index (χ4n) is 17.9. The first-order valence-corrected chi connectivity index (χ1v) is 25.5. The number of hydrogen-bond acceptors (Lipinski definition) is 6. The summed E-state index contributed by atoms with van der Waals surface area (Å²) in [4.78, 5) is 49.1. The van der Waals surface area contributed by atoms with Gasteiger partial charge in [0.15, 0.2) is 0 Å². The number of ether oxygens (including phenoxy) is 1. The summed E-state index contributed by atoms with van der Waals surface area (Å²) < 4.78 is 6.50. The third kappa shape index (κ3) is 6.39. The largest absolute Gasteiger partial charge is 0.481 e. The zero-order valence-corrected chi connectivity index (χ0v) is 39.6. The molecule has 338 valence electrons. The zero-order chi connectivity index (χ0) is 42.8. The molecule has 2 saturated heterocycles. The molecule has 9 fully saturated rings. The summed E-state index contributed by atoms with van der Waals surface area (Å²) in [6, 6.07) is 0.377. The molecule has 0 aromatic rings. The van der Waals surface area contributed by atoms with Gasteiger partial charge in [0.05, 0.1) is 17.3 Å². The number of piperazine rings is 1. The molecule has 2 heterocycles. The molecule has 0 bridgehead atoms. The standard InChI is InChI=1S/C52H85N3O5/c1-10-11-26-53-28-30-54(31-29-53)33-34-13-12-27-55(34)45(59)52-21-16-35(48(6)22-23-48)42(52)36-14-15-40-49(7)19-18-41(60-44(58)38-32-37(43(56)57)46(38,2)3)47(4,5)39(49)17-20-51(40,9)50(36,8)24-25-52/h34-42H,10-33H2,1-9H3,(H,56,57)/t34-,35+,36+,37-,38+,39-,40+,41-,42+,49-,50+,51+,52-/m0/s1. The molecular formula is C52H85N3O5. The zero-order valence-electron chi connectivity index (χ0n) is 39.6. The van der Waals surface area contributed by atoms with Gasteiger partial charge in [-0.05, 0) is 166 Å². The van der Waals surface area contributed by atoms with Crippen LogP contribution in [0.15, 0.2) is 0 Å². The van der Waals surface area contributed by atoms with Crippen molar-refractivity contribution in [3.05, 3.63) is 0 Å². The van der Waals surface area contributed by atoms with Crippen LogP contribution in [0.1, 0.15) is 171 Å². The number of unbranched alkanes of at least 4 members (excludes halogenated alkanes) is 1. The van der Waals surface area contributed by atoms with Crippen molar-refractivity contribution in [2.45, 2.75) is 184 Å². The van der Waals surface area contributed by atoms with Gasteiger partial charge in [0.25, 0.3) is 0 Å². The number of carboxylic acid groups (broad SMARTS) is 1. The normalized spacial score (nSPS) is 46.6. The molecule has 8 nitrogen and oxygen atoms in total. The number of esters is 1. The van der Waals surface area contributed by atoms with E-state index in [9.17, 15) is 14.7 Å². The van der Waals surface area contributed by atoms with Crippen LogP contribution in [0.2, 0.25) is 0 Å². The van der Waals surface area contributed by atoms with Crippen LogP contribution in [0.4, 0.5) is 0 Å². The maximum absolute atomic E-state index is 15.7. The fraction of sp³-hybridized carbons (Fsp3) is 0.942. The van der Waals surface area contributed by atoms with Crippen LogP contribution in [-0.4, -0.2) is 95.6 Å². The number of likely N-dealkylation sites (tertiary alicyclic amines) is 1. The Morgan fingerprint density at radius 1 is 0.667 bits per heavy atom. The number of carbonyl (C=O) groups excluding carboxylic acids is 2. The van der Waals surface area contributed by atoms with Gasteiger partial charge in [-0.25, -0.2) is 0 Å². The maximum atomic E-state index is 15.7. The minimum Gasteiger partial charge on any atom is -0.481 e. The van der Waals surface area contributed by atoms with Crippen molar-refractivity contribution in [2.24, 2.45) is 79.3 Å². The van der Waals surface area contributed by atoms with E-state index < -0.39 is 17.3 Å². The van der Waals surface area contributed by atoms with E-state index in [1.165, 1.54) is 90.3 Å². The summed E-state index contributed by atoms with van der Waals surface area (Å²) in [5, 5.41) is 9.73. The van der Waals surface area contributed by atoms with E-state index in [-0.39, 0.29) is 45.1 Å². The number of fused-ring (bicyclic) bond motifs is 7. The SMILES string of the molecule is CCCCN1CCN(C[C@@H]2CCCN2C(=O)[C@]23CC[C@@H](C4(C)CC4)[C@@H]2[C@H]2CC[C@@H]4[C@@]5(C)CC[C@H](OC(=O)[C@H]6C[C@@H](C(=O)O)C6(C)C)C(C)(C)[C@@H]5CC[C@@]4(C)[C@]2(C)CC3)CC1. The van der Waals surface area contributed by atoms with Crippen molar-refractivity contribution in [2.75, 3.05) is 45.8 Å². The Morgan fingerprint density at radius 3 is 2.05 bits per heavy atom. The molecule has 0 radical (unpaired) electrons. The Balaban J connectivity index is 0.935. The molecule has 0 aromatic carbocycles. The molecule has 0 unspecified atom stereocenters. The van der Waals surface area contributed by atoms with Crippen LogP contribution in [0, 0.1) is 79.3 Å². The van der Waals surface area contributed by atoms with E-state index in [1.807, 2.05) is 13.8 Å². The van der Waals surface area contributed by atoms with Crippen molar-refractivity contribution in [3.8, 4) is 0 Å². The molecule has 1 N–H and O–H groups in total. The highest BCUT2D eigenvalue weighted by Gasteiger charge is 2.74. The molecule has 0 spiro atoms. The molecule has 13 atom stereocenters. The summed E-state index contributed by atoms with van der Waals surface area (Å²) in [6.45, 7) is 29.5. The average molecular weight is 832 g/mol. The lowest BCUT2D eigenvalue weighted by atomic mass is 9.32. The second kappa shape index (κ2) is 14.9. The van der Waals surface area contributed by atoms with Crippen molar-refractivity contribution >= 4 is 17.8 Å². The van der Waals surface area contributed by atoms with E-state index in [1.54, 1.807) is 0 Å². The molecule has 9 aliphatic rings. The smallest absolute Gasteiger partial charge is 0.309 e. The maximum Gasteiger partial charge on any atom is 0.309 e. The summed E-state index contributed by atoms with van der Waals surface area (Å²) in [7, 11) is 0. The molecule has 7 aliphatic carbocycles. The Hall–Kier alpha value is -1.67. The number of carbonyl (C=O) groups is 3. The van der Waals surface area contributed by atoms with Crippen LogP contribution in [0.5, 0.6) is 0 Å².